The molecule has 3 rings (SSSR count). The van der Waals surface area contributed by atoms with Gasteiger partial charge < -0.3 is 10.1 Å². The first-order valence-corrected chi connectivity index (χ1v) is 9.78. The number of hydrogen-bond donors (Lipinski definition) is 1. The van der Waals surface area contributed by atoms with Gasteiger partial charge >= 0.3 is 0 Å². The molecule has 0 spiro atoms. The molecule has 0 bridgehead atoms. The van der Waals surface area contributed by atoms with Crippen LogP contribution in [-0.2, 0) is 17.8 Å². The van der Waals surface area contributed by atoms with E-state index in [4.69, 9.17) is 4.74 Å². The third-order valence-corrected chi connectivity index (χ3v) is 5.10. The van der Waals surface area contributed by atoms with Crippen LogP contribution >= 0.6 is 11.8 Å². The molecule has 5 heteroatoms. The number of morpholine rings is 1. The molecule has 1 fully saturated rings. The van der Waals surface area contributed by atoms with Crippen LogP contribution < -0.4 is 5.32 Å². The number of thioether (sulfide) groups is 1. The van der Waals surface area contributed by atoms with E-state index in [9.17, 15) is 4.79 Å². The first-order chi connectivity index (χ1) is 12.3. The van der Waals surface area contributed by atoms with Gasteiger partial charge in [-0.25, -0.2) is 0 Å². The number of ether oxygens (including phenoxy) is 1. The smallest absolute Gasteiger partial charge is 0.252 e. The van der Waals surface area contributed by atoms with E-state index in [0.717, 1.165) is 48.9 Å². The lowest BCUT2D eigenvalue weighted by molar-refractivity contribution is 0.0342. The summed E-state index contributed by atoms with van der Waals surface area (Å²) < 4.78 is 5.40. The van der Waals surface area contributed by atoms with Gasteiger partial charge in [-0.15, -0.1) is 11.8 Å². The van der Waals surface area contributed by atoms with Gasteiger partial charge in [-0.3, -0.25) is 9.69 Å². The van der Waals surface area contributed by atoms with Crippen molar-refractivity contribution in [3.8, 4) is 0 Å². The van der Waals surface area contributed by atoms with Gasteiger partial charge in [0.1, 0.15) is 0 Å². The fraction of sp³-hybridized carbons (Fsp3) is 0.350. The van der Waals surface area contributed by atoms with Gasteiger partial charge in [0.2, 0.25) is 0 Å². The number of benzene rings is 2. The van der Waals surface area contributed by atoms with Crippen molar-refractivity contribution >= 4 is 17.7 Å². The van der Waals surface area contributed by atoms with Crippen molar-refractivity contribution in [1.82, 2.24) is 10.2 Å². The van der Waals surface area contributed by atoms with E-state index in [0.29, 0.717) is 6.54 Å². The van der Waals surface area contributed by atoms with Crippen molar-refractivity contribution in [3.05, 3.63) is 65.2 Å². The predicted molar refractivity (Wildman–Crippen MR) is 102 cm³/mol. The van der Waals surface area contributed by atoms with Crippen molar-refractivity contribution in [2.24, 2.45) is 0 Å². The number of nitrogens with zero attached hydrogens (tertiary/aromatic N) is 1. The molecule has 0 radical (unpaired) electrons. The first kappa shape index (κ1) is 18.0. The summed E-state index contributed by atoms with van der Waals surface area (Å²) in [5, 5.41) is 3.03. The molecule has 4 nitrogen and oxygen atoms in total. The van der Waals surface area contributed by atoms with Gasteiger partial charge in [0.15, 0.2) is 0 Å². The van der Waals surface area contributed by atoms with E-state index in [2.05, 4.69) is 34.5 Å². The summed E-state index contributed by atoms with van der Waals surface area (Å²) in [6.45, 7) is 5.05. The molecule has 1 heterocycles. The molecule has 132 valence electrons. The minimum atomic E-state index is -0.0245. The SMILES string of the molecule is CSc1ccccc1C(=O)NCc1cccc(CN2CCOCC2)c1. The Morgan fingerprint density at radius 3 is 2.68 bits per heavy atom. The fourth-order valence-corrected chi connectivity index (χ4v) is 3.56. The number of nitrogens with one attached hydrogen (secondary N) is 1. The maximum absolute atomic E-state index is 12.5. The van der Waals surface area contributed by atoms with Gasteiger partial charge in [-0.2, -0.15) is 0 Å². The van der Waals surface area contributed by atoms with Crippen LogP contribution in [0.25, 0.3) is 0 Å². The summed E-state index contributed by atoms with van der Waals surface area (Å²) in [6, 6.07) is 16.1. The Bertz CT molecular complexity index is 714. The molecule has 0 unspecified atom stereocenters. The van der Waals surface area contributed by atoms with Gasteiger partial charge in [0.25, 0.3) is 5.91 Å². The third kappa shape index (κ3) is 5.08. The Labute approximate surface area is 153 Å². The van der Waals surface area contributed by atoms with Gasteiger partial charge in [-0.05, 0) is 29.5 Å². The highest BCUT2D eigenvalue weighted by Gasteiger charge is 2.12. The van der Waals surface area contributed by atoms with Crippen molar-refractivity contribution in [3.63, 3.8) is 0 Å². The van der Waals surface area contributed by atoms with Crippen LogP contribution in [0.4, 0.5) is 0 Å². The van der Waals surface area contributed by atoms with Crippen molar-refractivity contribution in [1.29, 1.82) is 0 Å². The number of carbonyl (C=O) groups excluding carboxylic acids is 1. The van der Waals surface area contributed by atoms with E-state index >= 15 is 0 Å². The third-order valence-electron chi connectivity index (χ3n) is 4.31. The Balaban J connectivity index is 1.59. The highest BCUT2D eigenvalue weighted by Crippen LogP contribution is 2.19. The Morgan fingerprint density at radius 2 is 1.88 bits per heavy atom. The molecular weight excluding hydrogens is 332 g/mol. The second-order valence-electron chi connectivity index (χ2n) is 6.09. The molecule has 1 aliphatic heterocycles. The van der Waals surface area contributed by atoms with Crippen LogP contribution in [-0.4, -0.2) is 43.4 Å². The lowest BCUT2D eigenvalue weighted by Gasteiger charge is -2.26. The maximum Gasteiger partial charge on any atom is 0.252 e. The molecule has 2 aromatic rings. The minimum absolute atomic E-state index is 0.0245. The number of amides is 1. The molecular formula is C20H24N2O2S. The van der Waals surface area contributed by atoms with Crippen LogP contribution in [0.5, 0.6) is 0 Å². The number of hydrogen-bond acceptors (Lipinski definition) is 4. The van der Waals surface area contributed by atoms with E-state index in [1.54, 1.807) is 11.8 Å². The quantitative estimate of drug-likeness (QED) is 0.807. The second kappa shape index (κ2) is 9.04. The van der Waals surface area contributed by atoms with Crippen LogP contribution in [0.2, 0.25) is 0 Å². The Hall–Kier alpha value is -1.82. The van der Waals surface area contributed by atoms with Crippen LogP contribution in [0, 0.1) is 0 Å². The second-order valence-corrected chi connectivity index (χ2v) is 6.94. The number of rotatable bonds is 6. The highest BCUT2D eigenvalue weighted by atomic mass is 32.2. The monoisotopic (exact) mass is 356 g/mol. The Morgan fingerprint density at radius 1 is 1.12 bits per heavy atom. The van der Waals surface area contributed by atoms with Crippen molar-refractivity contribution in [2.45, 2.75) is 18.0 Å². The fourth-order valence-electron chi connectivity index (χ4n) is 2.97. The van der Waals surface area contributed by atoms with E-state index in [-0.39, 0.29) is 5.91 Å². The molecule has 0 aliphatic carbocycles. The highest BCUT2D eigenvalue weighted by molar-refractivity contribution is 7.98. The Kier molecular flexibility index (Phi) is 6.50. The van der Waals surface area contributed by atoms with E-state index < -0.39 is 0 Å². The van der Waals surface area contributed by atoms with E-state index in [1.807, 2.05) is 30.5 Å². The number of carbonyl (C=O) groups is 1. The maximum atomic E-state index is 12.5. The minimum Gasteiger partial charge on any atom is -0.379 e. The molecule has 2 aromatic carbocycles. The largest absolute Gasteiger partial charge is 0.379 e. The summed E-state index contributed by atoms with van der Waals surface area (Å²) >= 11 is 1.59. The predicted octanol–water partition coefficient (Wildman–Crippen LogP) is 3.17. The van der Waals surface area contributed by atoms with Gasteiger partial charge in [0.05, 0.1) is 18.8 Å². The zero-order valence-corrected chi connectivity index (χ0v) is 15.3. The normalized spacial score (nSPS) is 15.1. The average Bonchev–Trinajstić information content (AvgIpc) is 2.67. The molecule has 0 saturated carbocycles. The molecule has 0 aromatic heterocycles. The zero-order valence-electron chi connectivity index (χ0n) is 14.5. The summed E-state index contributed by atoms with van der Waals surface area (Å²) in [7, 11) is 0. The van der Waals surface area contributed by atoms with Crippen molar-refractivity contribution < 1.29 is 9.53 Å². The van der Waals surface area contributed by atoms with Crippen molar-refractivity contribution in [2.75, 3.05) is 32.6 Å². The van der Waals surface area contributed by atoms with Crippen LogP contribution in [0.15, 0.2) is 53.4 Å². The summed E-state index contributed by atoms with van der Waals surface area (Å²) in [5.41, 5.74) is 3.14. The van der Waals surface area contributed by atoms with Gasteiger partial charge in [-0.1, -0.05) is 36.4 Å². The standard InChI is InChI=1S/C20H24N2O2S/c1-25-19-8-3-2-7-18(19)20(23)21-14-16-5-4-6-17(13-16)15-22-9-11-24-12-10-22/h2-8,13H,9-12,14-15H2,1H3,(H,21,23). The zero-order chi connectivity index (χ0) is 17.5. The summed E-state index contributed by atoms with van der Waals surface area (Å²) in [4.78, 5) is 15.9. The lowest BCUT2D eigenvalue weighted by atomic mass is 10.1. The molecule has 1 amide bonds. The molecule has 1 N–H and O–H groups in total. The first-order valence-electron chi connectivity index (χ1n) is 8.55. The topological polar surface area (TPSA) is 41.6 Å². The summed E-state index contributed by atoms with van der Waals surface area (Å²) in [5.74, 6) is -0.0245. The van der Waals surface area contributed by atoms with Crippen LogP contribution in [0.3, 0.4) is 0 Å². The molecule has 25 heavy (non-hydrogen) atoms. The summed E-state index contributed by atoms with van der Waals surface area (Å²) in [6.07, 6.45) is 1.99. The average molecular weight is 356 g/mol. The van der Waals surface area contributed by atoms with Crippen LogP contribution in [0.1, 0.15) is 21.5 Å². The van der Waals surface area contributed by atoms with Gasteiger partial charge in [0, 0.05) is 31.1 Å². The molecule has 0 atom stereocenters. The molecule has 1 aliphatic rings. The lowest BCUT2D eigenvalue weighted by Crippen LogP contribution is -2.35. The van der Waals surface area contributed by atoms with E-state index in [1.165, 1.54) is 5.56 Å². The molecule has 1 saturated heterocycles.